The molecular weight excluding hydrogens is 297 g/mol. The molecule has 0 spiro atoms. The summed E-state index contributed by atoms with van der Waals surface area (Å²) in [5.74, 6) is -1.07. The Morgan fingerprint density at radius 1 is 1.15 bits per heavy atom. The Hall–Kier alpha value is -1.96. The SMILES string of the molecule is Cl.NC(=O)C(Cc1ccc(C(F)(F)F)cc1)N=C(N)N. The summed E-state index contributed by atoms with van der Waals surface area (Å²) < 4.78 is 37.1. The fraction of sp³-hybridized carbons (Fsp3) is 0.273. The lowest BCUT2D eigenvalue weighted by Gasteiger charge is -2.11. The molecule has 9 heteroatoms. The van der Waals surface area contributed by atoms with Crippen molar-refractivity contribution in [2.45, 2.75) is 18.6 Å². The number of primary amides is 1. The number of halogens is 4. The van der Waals surface area contributed by atoms with Gasteiger partial charge < -0.3 is 17.2 Å². The van der Waals surface area contributed by atoms with Crippen molar-refractivity contribution in [2.24, 2.45) is 22.2 Å². The van der Waals surface area contributed by atoms with Crippen molar-refractivity contribution in [3.05, 3.63) is 35.4 Å². The van der Waals surface area contributed by atoms with Crippen LogP contribution in [0.1, 0.15) is 11.1 Å². The summed E-state index contributed by atoms with van der Waals surface area (Å²) in [7, 11) is 0. The van der Waals surface area contributed by atoms with Crippen molar-refractivity contribution in [2.75, 3.05) is 0 Å². The average Bonchev–Trinajstić information content (AvgIpc) is 2.27. The van der Waals surface area contributed by atoms with Crippen molar-refractivity contribution in [1.29, 1.82) is 0 Å². The molecule has 1 aromatic carbocycles. The molecule has 1 rings (SSSR count). The summed E-state index contributed by atoms with van der Waals surface area (Å²) in [6.45, 7) is 0. The van der Waals surface area contributed by atoms with Gasteiger partial charge in [-0.05, 0) is 17.7 Å². The minimum Gasteiger partial charge on any atom is -0.370 e. The number of nitrogens with two attached hydrogens (primary N) is 3. The Morgan fingerprint density at radius 3 is 2.00 bits per heavy atom. The van der Waals surface area contributed by atoms with E-state index >= 15 is 0 Å². The van der Waals surface area contributed by atoms with Crippen molar-refractivity contribution < 1.29 is 18.0 Å². The molecule has 0 aromatic heterocycles. The molecule has 1 aromatic rings. The van der Waals surface area contributed by atoms with E-state index in [1.807, 2.05) is 0 Å². The van der Waals surface area contributed by atoms with Crippen molar-refractivity contribution in [3.63, 3.8) is 0 Å². The van der Waals surface area contributed by atoms with Crippen LogP contribution in [0, 0.1) is 0 Å². The minimum absolute atomic E-state index is 0. The standard InChI is InChI=1S/C11H13F3N4O.ClH/c12-11(13,14)7-3-1-6(2-4-7)5-8(9(15)19)18-10(16)17;/h1-4,8H,5H2,(H2,15,19)(H4,16,17,18);1H. The molecule has 112 valence electrons. The molecule has 0 heterocycles. The Morgan fingerprint density at radius 2 is 1.65 bits per heavy atom. The molecule has 1 atom stereocenters. The van der Waals surface area contributed by atoms with Crippen LogP contribution in [-0.2, 0) is 17.4 Å². The van der Waals surface area contributed by atoms with E-state index in [1.54, 1.807) is 0 Å². The van der Waals surface area contributed by atoms with Crippen LogP contribution >= 0.6 is 12.4 Å². The van der Waals surface area contributed by atoms with Crippen LogP contribution in [0.3, 0.4) is 0 Å². The second kappa shape index (κ2) is 6.99. The molecule has 0 saturated heterocycles. The monoisotopic (exact) mass is 310 g/mol. The minimum atomic E-state index is -4.40. The fourth-order valence-corrected chi connectivity index (χ4v) is 1.44. The Bertz CT molecular complexity index is 483. The highest BCUT2D eigenvalue weighted by molar-refractivity contribution is 5.85. The maximum absolute atomic E-state index is 12.4. The van der Waals surface area contributed by atoms with E-state index in [0.29, 0.717) is 5.56 Å². The van der Waals surface area contributed by atoms with E-state index in [-0.39, 0.29) is 24.8 Å². The maximum atomic E-state index is 12.4. The van der Waals surface area contributed by atoms with Crippen molar-refractivity contribution in [3.8, 4) is 0 Å². The first kappa shape index (κ1) is 18.0. The van der Waals surface area contributed by atoms with Crippen LogP contribution in [0.15, 0.2) is 29.3 Å². The van der Waals surface area contributed by atoms with Crippen LogP contribution in [-0.4, -0.2) is 17.9 Å². The van der Waals surface area contributed by atoms with Crippen molar-refractivity contribution >= 4 is 24.3 Å². The molecule has 0 radical (unpaired) electrons. The Labute approximate surface area is 119 Å². The number of hydrogen-bond donors (Lipinski definition) is 3. The molecule has 1 unspecified atom stereocenters. The fourth-order valence-electron chi connectivity index (χ4n) is 1.44. The first-order valence-corrected chi connectivity index (χ1v) is 5.24. The average molecular weight is 311 g/mol. The van der Waals surface area contributed by atoms with Crippen LogP contribution < -0.4 is 17.2 Å². The van der Waals surface area contributed by atoms with Gasteiger partial charge in [0, 0.05) is 6.42 Å². The largest absolute Gasteiger partial charge is 0.416 e. The van der Waals surface area contributed by atoms with Gasteiger partial charge in [-0.25, -0.2) is 4.99 Å². The zero-order chi connectivity index (χ0) is 14.6. The molecule has 5 nitrogen and oxygen atoms in total. The molecule has 0 aliphatic carbocycles. The van der Waals surface area contributed by atoms with E-state index in [2.05, 4.69) is 4.99 Å². The van der Waals surface area contributed by atoms with Gasteiger partial charge in [-0.3, -0.25) is 4.79 Å². The van der Waals surface area contributed by atoms with Gasteiger partial charge in [0.2, 0.25) is 5.91 Å². The maximum Gasteiger partial charge on any atom is 0.416 e. The first-order valence-electron chi connectivity index (χ1n) is 5.24. The predicted molar refractivity (Wildman–Crippen MR) is 71.2 cm³/mol. The number of alkyl halides is 3. The second-order valence-electron chi connectivity index (χ2n) is 3.87. The number of aliphatic imine (C=N–C) groups is 1. The van der Waals surface area contributed by atoms with Gasteiger partial charge in [0.1, 0.15) is 6.04 Å². The summed E-state index contributed by atoms with van der Waals surface area (Å²) in [6, 6.07) is 3.34. The third-order valence-corrected chi connectivity index (χ3v) is 2.34. The molecule has 1 amide bonds. The highest BCUT2D eigenvalue weighted by Gasteiger charge is 2.30. The first-order chi connectivity index (χ1) is 8.70. The number of amides is 1. The highest BCUT2D eigenvalue weighted by atomic mass is 35.5. The van der Waals surface area contributed by atoms with Crippen molar-refractivity contribution in [1.82, 2.24) is 0 Å². The lowest BCUT2D eigenvalue weighted by molar-refractivity contribution is -0.137. The van der Waals surface area contributed by atoms with Gasteiger partial charge in [0.05, 0.1) is 5.56 Å². The van der Waals surface area contributed by atoms with Gasteiger partial charge in [0.15, 0.2) is 5.96 Å². The van der Waals surface area contributed by atoms with Gasteiger partial charge in [-0.15, -0.1) is 12.4 Å². The zero-order valence-corrected chi connectivity index (χ0v) is 11.0. The summed E-state index contributed by atoms with van der Waals surface area (Å²) in [5.41, 5.74) is 15.1. The smallest absolute Gasteiger partial charge is 0.370 e. The predicted octanol–water partition coefficient (Wildman–Crippen LogP) is 0.797. The number of carbonyl (C=O) groups is 1. The molecule has 6 N–H and O–H groups in total. The Kier molecular flexibility index (Phi) is 6.31. The van der Waals surface area contributed by atoms with Crippen LogP contribution in [0.4, 0.5) is 13.2 Å². The number of nitrogens with zero attached hydrogens (tertiary/aromatic N) is 1. The van der Waals surface area contributed by atoms with Crippen LogP contribution in [0.2, 0.25) is 0 Å². The van der Waals surface area contributed by atoms with Gasteiger partial charge in [-0.1, -0.05) is 12.1 Å². The van der Waals surface area contributed by atoms with Crippen LogP contribution in [0.5, 0.6) is 0 Å². The van der Waals surface area contributed by atoms with E-state index in [4.69, 9.17) is 17.2 Å². The quantitative estimate of drug-likeness (QED) is 0.565. The Balaban J connectivity index is 0.00000361. The summed E-state index contributed by atoms with van der Waals surface area (Å²) >= 11 is 0. The third kappa shape index (κ3) is 5.35. The lowest BCUT2D eigenvalue weighted by atomic mass is 10.0. The summed E-state index contributed by atoms with van der Waals surface area (Å²) in [4.78, 5) is 14.7. The van der Waals surface area contributed by atoms with Gasteiger partial charge in [0.25, 0.3) is 0 Å². The van der Waals surface area contributed by atoms with Crippen LogP contribution in [0.25, 0.3) is 0 Å². The normalized spacial score (nSPS) is 12.2. The lowest BCUT2D eigenvalue weighted by Crippen LogP contribution is -2.34. The van der Waals surface area contributed by atoms with E-state index in [1.165, 1.54) is 12.1 Å². The molecule has 0 bridgehead atoms. The molecule has 20 heavy (non-hydrogen) atoms. The van der Waals surface area contributed by atoms with E-state index < -0.39 is 23.7 Å². The zero-order valence-electron chi connectivity index (χ0n) is 10.2. The highest BCUT2D eigenvalue weighted by Crippen LogP contribution is 2.29. The number of carbonyl (C=O) groups excluding carboxylic acids is 1. The summed E-state index contributed by atoms with van der Waals surface area (Å²) in [5, 5.41) is 0. The summed E-state index contributed by atoms with van der Waals surface area (Å²) in [6.07, 6.45) is -4.37. The second-order valence-corrected chi connectivity index (χ2v) is 3.87. The molecular formula is C11H14ClF3N4O. The molecule has 0 aliphatic heterocycles. The number of guanidine groups is 1. The van der Waals surface area contributed by atoms with Gasteiger partial charge >= 0.3 is 6.18 Å². The topological polar surface area (TPSA) is 107 Å². The number of hydrogen-bond acceptors (Lipinski definition) is 2. The molecule has 0 saturated carbocycles. The molecule has 0 fully saturated rings. The third-order valence-electron chi connectivity index (χ3n) is 2.34. The van der Waals surface area contributed by atoms with E-state index in [0.717, 1.165) is 12.1 Å². The molecule has 0 aliphatic rings. The van der Waals surface area contributed by atoms with Gasteiger partial charge in [-0.2, -0.15) is 13.2 Å². The van der Waals surface area contributed by atoms with E-state index in [9.17, 15) is 18.0 Å². The number of benzene rings is 1. The number of rotatable bonds is 4.